The van der Waals surface area contributed by atoms with Crippen molar-refractivity contribution in [2.24, 2.45) is 0 Å². The lowest BCUT2D eigenvalue weighted by Gasteiger charge is -2.21. The molecule has 0 aliphatic carbocycles. The molecule has 0 aliphatic rings. The van der Waals surface area contributed by atoms with Crippen LogP contribution >= 0.6 is 23.2 Å². The molecule has 0 fully saturated rings. The molecule has 1 aromatic heterocycles. The Morgan fingerprint density at radius 2 is 2.17 bits per heavy atom. The minimum absolute atomic E-state index is 0.211. The van der Waals surface area contributed by atoms with Gasteiger partial charge in [0.1, 0.15) is 10.8 Å². The highest BCUT2D eigenvalue weighted by molar-refractivity contribution is 6.42. The minimum Gasteiger partial charge on any atom is -0.479 e. The summed E-state index contributed by atoms with van der Waals surface area (Å²) in [6.45, 7) is 3.78. The molecule has 1 amide bonds. The molecule has 0 aliphatic heterocycles. The van der Waals surface area contributed by atoms with Crippen LogP contribution in [0.3, 0.4) is 0 Å². The average molecular weight is 358 g/mol. The van der Waals surface area contributed by atoms with Crippen LogP contribution in [0.5, 0.6) is 5.75 Å². The van der Waals surface area contributed by atoms with Crippen molar-refractivity contribution >= 4 is 29.1 Å². The van der Waals surface area contributed by atoms with E-state index in [1.807, 2.05) is 6.92 Å². The van der Waals surface area contributed by atoms with E-state index in [0.717, 1.165) is 0 Å². The van der Waals surface area contributed by atoms with Gasteiger partial charge in [-0.1, -0.05) is 41.3 Å². The summed E-state index contributed by atoms with van der Waals surface area (Å²) in [6.07, 6.45) is -0.0574. The topological polar surface area (TPSA) is 68.5 Å². The van der Waals surface area contributed by atoms with Crippen LogP contribution < -0.4 is 4.74 Å². The number of rotatable bonds is 6. The summed E-state index contributed by atoms with van der Waals surface area (Å²) >= 11 is 12.0. The average Bonchev–Trinajstić information content (AvgIpc) is 2.98. The Morgan fingerprint density at radius 3 is 2.83 bits per heavy atom. The van der Waals surface area contributed by atoms with Gasteiger partial charge in [0.2, 0.25) is 5.89 Å². The molecule has 0 radical (unpaired) electrons. The Balaban J connectivity index is 1.99. The molecule has 124 valence electrons. The second kappa shape index (κ2) is 7.66. The summed E-state index contributed by atoms with van der Waals surface area (Å²) in [5.41, 5.74) is 0. The molecular formula is C15H17Cl2N3O3. The number of ether oxygens (including phenoxy) is 1. The number of nitrogens with zero attached hydrogens (tertiary/aromatic N) is 3. The number of halogens is 2. The molecule has 23 heavy (non-hydrogen) atoms. The summed E-state index contributed by atoms with van der Waals surface area (Å²) in [5.74, 6) is 1.11. The summed E-state index contributed by atoms with van der Waals surface area (Å²) in [4.78, 5) is 18.0. The van der Waals surface area contributed by atoms with E-state index in [1.165, 1.54) is 4.90 Å². The van der Waals surface area contributed by atoms with E-state index in [0.29, 0.717) is 28.9 Å². The highest BCUT2D eigenvalue weighted by Gasteiger charge is 2.22. The van der Waals surface area contributed by atoms with Crippen LogP contribution in [0, 0.1) is 0 Å². The zero-order valence-electron chi connectivity index (χ0n) is 13.0. The fourth-order valence-electron chi connectivity index (χ4n) is 1.91. The van der Waals surface area contributed by atoms with Crippen molar-refractivity contribution in [2.45, 2.75) is 32.9 Å². The first-order chi connectivity index (χ1) is 10.9. The van der Waals surface area contributed by atoms with Gasteiger partial charge in [0.25, 0.3) is 5.91 Å². The highest BCUT2D eigenvalue weighted by Crippen LogP contribution is 2.32. The van der Waals surface area contributed by atoms with Gasteiger partial charge < -0.3 is 14.2 Å². The van der Waals surface area contributed by atoms with E-state index in [-0.39, 0.29) is 17.5 Å². The number of carbonyl (C=O) groups is 1. The van der Waals surface area contributed by atoms with Gasteiger partial charge in [-0.15, -0.1) is 0 Å². The van der Waals surface area contributed by atoms with E-state index in [4.69, 9.17) is 32.5 Å². The van der Waals surface area contributed by atoms with Crippen LogP contribution in [-0.2, 0) is 17.8 Å². The number of hydrogen-bond acceptors (Lipinski definition) is 5. The molecule has 1 atom stereocenters. The number of carbonyl (C=O) groups excluding carboxylic acids is 1. The number of aryl methyl sites for hydroxylation is 1. The Labute approximate surface area is 144 Å². The monoisotopic (exact) mass is 357 g/mol. The second-order valence-electron chi connectivity index (χ2n) is 4.96. The van der Waals surface area contributed by atoms with Crippen molar-refractivity contribution < 1.29 is 14.1 Å². The lowest BCUT2D eigenvalue weighted by molar-refractivity contribution is -0.137. The first-order valence-electron chi connectivity index (χ1n) is 7.09. The maximum atomic E-state index is 12.4. The molecule has 6 nitrogen and oxygen atoms in total. The summed E-state index contributed by atoms with van der Waals surface area (Å²) in [5, 5.41) is 4.44. The first-order valence-corrected chi connectivity index (χ1v) is 7.85. The minimum atomic E-state index is -0.732. The van der Waals surface area contributed by atoms with Gasteiger partial charge in [-0.25, -0.2) is 0 Å². The third-order valence-corrected chi connectivity index (χ3v) is 3.94. The fourth-order valence-corrected chi connectivity index (χ4v) is 2.24. The van der Waals surface area contributed by atoms with Crippen molar-refractivity contribution in [1.82, 2.24) is 15.0 Å². The standard InChI is InChI=1S/C15H17Cl2N3O3/c1-4-12-18-13(23-19-12)8-20(3)15(21)9(2)22-11-7-5-6-10(16)14(11)17/h5-7,9H,4,8H2,1-3H3. The van der Waals surface area contributed by atoms with E-state index >= 15 is 0 Å². The van der Waals surface area contributed by atoms with E-state index in [2.05, 4.69) is 10.1 Å². The predicted molar refractivity (Wildman–Crippen MR) is 86.7 cm³/mol. The van der Waals surface area contributed by atoms with Crippen molar-refractivity contribution in [2.75, 3.05) is 7.05 Å². The van der Waals surface area contributed by atoms with Crippen molar-refractivity contribution in [3.63, 3.8) is 0 Å². The fraction of sp³-hybridized carbons (Fsp3) is 0.400. The number of benzene rings is 1. The van der Waals surface area contributed by atoms with E-state index < -0.39 is 6.10 Å². The lowest BCUT2D eigenvalue weighted by Crippen LogP contribution is -2.37. The highest BCUT2D eigenvalue weighted by atomic mass is 35.5. The largest absolute Gasteiger partial charge is 0.479 e. The van der Waals surface area contributed by atoms with Crippen molar-refractivity contribution in [3.8, 4) is 5.75 Å². The van der Waals surface area contributed by atoms with Gasteiger partial charge in [-0.2, -0.15) is 4.98 Å². The summed E-state index contributed by atoms with van der Waals surface area (Å²) < 4.78 is 10.7. The van der Waals surface area contributed by atoms with Crippen LogP contribution in [-0.4, -0.2) is 34.1 Å². The molecular weight excluding hydrogens is 341 g/mol. The smallest absolute Gasteiger partial charge is 0.263 e. The first kappa shape index (κ1) is 17.6. The van der Waals surface area contributed by atoms with Gasteiger partial charge in [-0.3, -0.25) is 4.79 Å². The molecule has 8 heteroatoms. The number of aromatic nitrogens is 2. The maximum Gasteiger partial charge on any atom is 0.263 e. The van der Waals surface area contributed by atoms with Crippen molar-refractivity contribution in [1.29, 1.82) is 0 Å². The molecule has 0 saturated heterocycles. The van der Waals surface area contributed by atoms with Crippen LogP contribution in [0.25, 0.3) is 0 Å². The Kier molecular flexibility index (Phi) is 5.85. The Hall–Kier alpha value is -1.79. The number of hydrogen-bond donors (Lipinski definition) is 0. The molecule has 0 bridgehead atoms. The molecule has 0 saturated carbocycles. The normalized spacial score (nSPS) is 12.0. The van der Waals surface area contributed by atoms with Crippen LogP contribution in [0.15, 0.2) is 22.7 Å². The zero-order valence-corrected chi connectivity index (χ0v) is 14.6. The lowest BCUT2D eigenvalue weighted by atomic mass is 10.3. The van der Waals surface area contributed by atoms with Gasteiger partial charge in [0, 0.05) is 13.5 Å². The summed E-state index contributed by atoms with van der Waals surface area (Å²) in [7, 11) is 1.64. The quantitative estimate of drug-likeness (QED) is 0.792. The Morgan fingerprint density at radius 1 is 1.43 bits per heavy atom. The molecule has 2 aromatic rings. The maximum absolute atomic E-state index is 12.4. The summed E-state index contributed by atoms with van der Waals surface area (Å²) in [6, 6.07) is 5.01. The Bertz CT molecular complexity index is 690. The van der Waals surface area contributed by atoms with E-state index in [1.54, 1.807) is 32.2 Å². The molecule has 1 heterocycles. The third kappa shape index (κ3) is 4.36. The van der Waals surface area contributed by atoms with Crippen LogP contribution in [0.1, 0.15) is 25.6 Å². The van der Waals surface area contributed by atoms with Gasteiger partial charge in [-0.05, 0) is 19.1 Å². The van der Waals surface area contributed by atoms with Gasteiger partial charge in [0.05, 0.1) is 11.6 Å². The molecule has 2 rings (SSSR count). The number of likely N-dealkylation sites (N-methyl/N-ethyl adjacent to an activating group) is 1. The SMILES string of the molecule is CCc1noc(CN(C)C(=O)C(C)Oc2cccc(Cl)c2Cl)n1. The zero-order chi connectivity index (χ0) is 17.0. The van der Waals surface area contributed by atoms with Crippen LogP contribution in [0.4, 0.5) is 0 Å². The molecule has 0 spiro atoms. The van der Waals surface area contributed by atoms with Gasteiger partial charge in [0.15, 0.2) is 11.9 Å². The molecule has 0 N–H and O–H groups in total. The van der Waals surface area contributed by atoms with Crippen molar-refractivity contribution in [3.05, 3.63) is 40.0 Å². The molecule has 1 aromatic carbocycles. The van der Waals surface area contributed by atoms with Crippen LogP contribution in [0.2, 0.25) is 10.0 Å². The third-order valence-electron chi connectivity index (χ3n) is 3.14. The van der Waals surface area contributed by atoms with E-state index in [9.17, 15) is 4.79 Å². The van der Waals surface area contributed by atoms with Gasteiger partial charge >= 0.3 is 0 Å². The second-order valence-corrected chi connectivity index (χ2v) is 5.75. The predicted octanol–water partition coefficient (Wildman–Crippen LogP) is 3.36. The number of amides is 1. The molecule has 1 unspecified atom stereocenters.